The van der Waals surface area contributed by atoms with Gasteiger partial charge in [-0.15, -0.1) is 0 Å². The molecule has 142 valence electrons. The van der Waals surface area contributed by atoms with Crippen molar-refractivity contribution in [1.82, 2.24) is 0 Å². The zero-order valence-electron chi connectivity index (χ0n) is 16.1. The Morgan fingerprint density at radius 1 is 0.917 bits per heavy atom. The Balaban J connectivity index is 3.43. The molecule has 1 amide bonds. The highest BCUT2D eigenvalue weighted by Gasteiger charge is 2.21. The fraction of sp³-hybridized carbons (Fsp3) is 0.857. The zero-order chi connectivity index (χ0) is 18.0. The predicted molar refractivity (Wildman–Crippen MR) is 104 cm³/mol. The molecular formula is C21H41NO2. The molecule has 0 saturated carbocycles. The summed E-state index contributed by atoms with van der Waals surface area (Å²) in [5, 5.41) is 9.15. The van der Waals surface area contributed by atoms with E-state index in [4.69, 9.17) is 10.8 Å². The van der Waals surface area contributed by atoms with Crippen LogP contribution in [0.5, 0.6) is 0 Å². The molecule has 0 rings (SSSR count). The summed E-state index contributed by atoms with van der Waals surface area (Å²) in [5.74, 6) is -0.464. The molecule has 0 aromatic heterocycles. The molecule has 0 spiro atoms. The number of carbonyl (C=O) groups excluding carboxylic acids is 1. The highest BCUT2D eigenvalue weighted by atomic mass is 16.3. The van der Waals surface area contributed by atoms with Crippen LogP contribution in [0.15, 0.2) is 12.2 Å². The van der Waals surface area contributed by atoms with E-state index >= 15 is 0 Å². The van der Waals surface area contributed by atoms with Crippen LogP contribution >= 0.6 is 0 Å². The topological polar surface area (TPSA) is 63.3 Å². The van der Waals surface area contributed by atoms with Gasteiger partial charge in [-0.2, -0.15) is 0 Å². The lowest BCUT2D eigenvalue weighted by Crippen LogP contribution is -2.30. The molecule has 2 unspecified atom stereocenters. The summed E-state index contributed by atoms with van der Waals surface area (Å²) in [6.07, 6.45) is 20.7. The molecule has 24 heavy (non-hydrogen) atoms. The summed E-state index contributed by atoms with van der Waals surface area (Å²) in [7, 11) is 0. The third kappa shape index (κ3) is 13.6. The molecule has 0 fully saturated rings. The molecule has 2 atom stereocenters. The maximum Gasteiger partial charge on any atom is 0.220 e. The van der Waals surface area contributed by atoms with Crippen LogP contribution in [0.1, 0.15) is 97.3 Å². The van der Waals surface area contributed by atoms with Gasteiger partial charge in [0.05, 0.1) is 0 Å². The Morgan fingerprint density at radius 2 is 1.42 bits per heavy atom. The maximum atomic E-state index is 11.4. The number of carbonyl (C=O) groups is 1. The van der Waals surface area contributed by atoms with Crippen LogP contribution < -0.4 is 5.73 Å². The summed E-state index contributed by atoms with van der Waals surface area (Å²) < 4.78 is 0. The van der Waals surface area contributed by atoms with E-state index in [1.54, 1.807) is 0 Å². The monoisotopic (exact) mass is 339 g/mol. The maximum absolute atomic E-state index is 11.4. The molecule has 0 aliphatic heterocycles. The summed E-state index contributed by atoms with van der Waals surface area (Å²) in [6.45, 7) is 4.19. The first-order valence-electron chi connectivity index (χ1n) is 10.2. The molecule has 0 aliphatic rings. The molecule has 0 saturated heterocycles. The first kappa shape index (κ1) is 23.2. The van der Waals surface area contributed by atoms with Crippen LogP contribution in [0, 0.1) is 11.8 Å². The first-order chi connectivity index (χ1) is 11.6. The Labute approximate surface area is 150 Å². The minimum absolute atomic E-state index is 0.0209. The minimum atomic E-state index is -0.269. The summed E-state index contributed by atoms with van der Waals surface area (Å²) in [6, 6.07) is 0. The molecule has 0 aliphatic carbocycles. The molecule has 0 aromatic rings. The van der Waals surface area contributed by atoms with Crippen LogP contribution in [0.4, 0.5) is 0 Å². The van der Waals surface area contributed by atoms with Gasteiger partial charge in [0.15, 0.2) is 0 Å². The van der Waals surface area contributed by atoms with Gasteiger partial charge in [0.1, 0.15) is 0 Å². The van der Waals surface area contributed by atoms with Crippen molar-refractivity contribution in [2.45, 2.75) is 97.3 Å². The molecular weight excluding hydrogens is 298 g/mol. The van der Waals surface area contributed by atoms with E-state index < -0.39 is 0 Å². The van der Waals surface area contributed by atoms with Gasteiger partial charge in [0, 0.05) is 12.5 Å². The van der Waals surface area contributed by atoms with Crippen LogP contribution in [0.25, 0.3) is 0 Å². The quantitative estimate of drug-likeness (QED) is 0.277. The number of allylic oxidation sites excluding steroid dienone is 2. The largest absolute Gasteiger partial charge is 0.396 e. The first-order valence-corrected chi connectivity index (χ1v) is 10.2. The summed E-state index contributed by atoms with van der Waals surface area (Å²) in [5.41, 5.74) is 5.41. The number of hydrogen-bond donors (Lipinski definition) is 2. The molecule has 3 heteroatoms. The molecule has 3 N–H and O–H groups in total. The third-order valence-corrected chi connectivity index (χ3v) is 4.87. The number of amides is 1. The Hall–Kier alpha value is -0.830. The highest BCUT2D eigenvalue weighted by molar-refractivity contribution is 5.76. The van der Waals surface area contributed by atoms with E-state index in [0.717, 1.165) is 19.3 Å². The predicted octanol–water partition coefficient (Wildman–Crippen LogP) is 5.36. The van der Waals surface area contributed by atoms with Crippen LogP contribution in [-0.2, 0) is 4.79 Å². The van der Waals surface area contributed by atoms with Crippen molar-refractivity contribution >= 4 is 5.91 Å². The van der Waals surface area contributed by atoms with E-state index in [9.17, 15) is 4.79 Å². The van der Waals surface area contributed by atoms with Crippen molar-refractivity contribution in [3.63, 3.8) is 0 Å². The zero-order valence-corrected chi connectivity index (χ0v) is 16.1. The number of nitrogens with two attached hydrogens (primary N) is 1. The molecule has 3 nitrogen and oxygen atoms in total. The number of aliphatic hydroxyl groups excluding tert-OH is 1. The average molecular weight is 340 g/mol. The second-order valence-corrected chi connectivity index (χ2v) is 7.19. The molecule has 0 radical (unpaired) electrons. The van der Waals surface area contributed by atoms with Crippen LogP contribution in [0.3, 0.4) is 0 Å². The van der Waals surface area contributed by atoms with Gasteiger partial charge in [-0.3, -0.25) is 4.79 Å². The SMILES string of the molecule is CCCCCCCC/C=C\CCCCCCC(C(N)=O)C(C)CO. The van der Waals surface area contributed by atoms with Crippen molar-refractivity contribution in [1.29, 1.82) is 0 Å². The molecule has 0 aromatic carbocycles. The third-order valence-electron chi connectivity index (χ3n) is 4.87. The van der Waals surface area contributed by atoms with E-state index in [0.29, 0.717) is 0 Å². The van der Waals surface area contributed by atoms with E-state index in [2.05, 4.69) is 19.1 Å². The van der Waals surface area contributed by atoms with E-state index in [1.165, 1.54) is 64.2 Å². The lowest BCUT2D eigenvalue weighted by atomic mass is 9.89. The highest BCUT2D eigenvalue weighted by Crippen LogP contribution is 2.19. The summed E-state index contributed by atoms with van der Waals surface area (Å²) >= 11 is 0. The Kier molecular flexibility index (Phi) is 16.4. The van der Waals surface area contributed by atoms with E-state index in [1.807, 2.05) is 6.92 Å². The van der Waals surface area contributed by atoms with Gasteiger partial charge in [-0.25, -0.2) is 0 Å². The van der Waals surface area contributed by atoms with Crippen molar-refractivity contribution in [2.24, 2.45) is 17.6 Å². The number of unbranched alkanes of at least 4 members (excludes halogenated alkanes) is 10. The average Bonchev–Trinajstić information content (AvgIpc) is 2.57. The van der Waals surface area contributed by atoms with Crippen molar-refractivity contribution in [3.05, 3.63) is 12.2 Å². The van der Waals surface area contributed by atoms with Crippen molar-refractivity contribution in [2.75, 3.05) is 6.61 Å². The fourth-order valence-electron chi connectivity index (χ4n) is 3.09. The molecule has 0 heterocycles. The van der Waals surface area contributed by atoms with Gasteiger partial charge in [0.25, 0.3) is 0 Å². The fourth-order valence-corrected chi connectivity index (χ4v) is 3.09. The smallest absolute Gasteiger partial charge is 0.220 e. The van der Waals surface area contributed by atoms with E-state index in [-0.39, 0.29) is 24.3 Å². The van der Waals surface area contributed by atoms with Crippen molar-refractivity contribution in [3.8, 4) is 0 Å². The summed E-state index contributed by atoms with van der Waals surface area (Å²) in [4.78, 5) is 11.4. The normalized spacial score (nSPS) is 14.1. The van der Waals surface area contributed by atoms with Crippen LogP contribution in [0.2, 0.25) is 0 Å². The second-order valence-electron chi connectivity index (χ2n) is 7.19. The minimum Gasteiger partial charge on any atom is -0.396 e. The van der Waals surface area contributed by atoms with Crippen LogP contribution in [-0.4, -0.2) is 17.6 Å². The standard InChI is InChI=1S/C21H41NO2/c1-3-4-5-6-7-8-9-10-11-12-13-14-15-16-17-20(21(22)24)19(2)18-23/h10-11,19-20,23H,3-9,12-18H2,1-2H3,(H2,22,24)/b11-10-. The van der Waals surface area contributed by atoms with Crippen molar-refractivity contribution < 1.29 is 9.90 Å². The number of hydrogen-bond acceptors (Lipinski definition) is 2. The number of primary amides is 1. The Bertz CT molecular complexity index is 315. The van der Waals surface area contributed by atoms with Gasteiger partial charge in [-0.05, 0) is 38.0 Å². The van der Waals surface area contributed by atoms with Gasteiger partial charge < -0.3 is 10.8 Å². The lowest BCUT2D eigenvalue weighted by molar-refractivity contribution is -0.124. The number of aliphatic hydroxyl groups is 1. The second kappa shape index (κ2) is 17.0. The number of rotatable bonds is 17. The van der Waals surface area contributed by atoms with Gasteiger partial charge in [-0.1, -0.05) is 77.4 Å². The molecule has 0 bridgehead atoms. The Morgan fingerprint density at radius 3 is 1.92 bits per heavy atom. The van der Waals surface area contributed by atoms with Gasteiger partial charge in [0.2, 0.25) is 5.91 Å². The lowest BCUT2D eigenvalue weighted by Gasteiger charge is -2.18. The van der Waals surface area contributed by atoms with Gasteiger partial charge >= 0.3 is 0 Å².